The minimum Gasteiger partial charge on any atom is -0.502 e. The van der Waals surface area contributed by atoms with Crippen molar-refractivity contribution in [3.8, 4) is 5.75 Å². The van der Waals surface area contributed by atoms with Crippen molar-refractivity contribution in [2.24, 2.45) is 0 Å². The van der Waals surface area contributed by atoms with Crippen LogP contribution >= 0.6 is 0 Å². The van der Waals surface area contributed by atoms with Crippen LogP contribution in [0.15, 0.2) is 18.2 Å². The Labute approximate surface area is 85.4 Å². The van der Waals surface area contributed by atoms with Gasteiger partial charge in [-0.2, -0.15) is 4.73 Å². The molecule has 0 aliphatic heterocycles. The topological polar surface area (TPSA) is 68.4 Å². The van der Waals surface area contributed by atoms with Crippen molar-refractivity contribution in [2.45, 2.75) is 13.8 Å². The molecule has 0 spiro atoms. The van der Waals surface area contributed by atoms with Gasteiger partial charge in [-0.25, -0.2) is 0 Å². The number of phenols is 1. The highest BCUT2D eigenvalue weighted by atomic mass is 16.5. The molecule has 0 atom stereocenters. The molecule has 0 radical (unpaired) electrons. The molecular formula is C10H11N2O3+. The van der Waals surface area contributed by atoms with Crippen molar-refractivity contribution >= 4 is 11.0 Å². The molecular weight excluding hydrogens is 196 g/mol. The summed E-state index contributed by atoms with van der Waals surface area (Å²) < 4.78 is 1.52. The Kier molecular flexibility index (Phi) is 1.89. The van der Waals surface area contributed by atoms with E-state index in [2.05, 4.69) is 0 Å². The van der Waals surface area contributed by atoms with Crippen molar-refractivity contribution < 1.29 is 14.7 Å². The van der Waals surface area contributed by atoms with Crippen LogP contribution in [0.1, 0.15) is 11.4 Å². The van der Waals surface area contributed by atoms with Crippen molar-refractivity contribution in [1.82, 2.24) is 4.73 Å². The van der Waals surface area contributed by atoms with Crippen molar-refractivity contribution in [1.29, 1.82) is 0 Å². The number of fused-ring (bicyclic) bond motifs is 1. The summed E-state index contributed by atoms with van der Waals surface area (Å²) in [6, 6.07) is 4.54. The SMILES string of the molecule is Cc1c(C)[n+](=O)c2c(O)cccc2n1O. The first-order valence-corrected chi connectivity index (χ1v) is 4.49. The maximum atomic E-state index is 11.8. The third kappa shape index (κ3) is 1.16. The first kappa shape index (κ1) is 9.51. The van der Waals surface area contributed by atoms with E-state index in [-0.39, 0.29) is 16.8 Å². The number of aromatic nitrogens is 2. The van der Waals surface area contributed by atoms with Gasteiger partial charge in [0.25, 0.3) is 5.69 Å². The Bertz CT molecular complexity index is 602. The van der Waals surface area contributed by atoms with E-state index in [0.717, 1.165) is 4.73 Å². The average Bonchev–Trinajstić information content (AvgIpc) is 2.23. The van der Waals surface area contributed by atoms with Gasteiger partial charge >= 0.3 is 5.52 Å². The average molecular weight is 207 g/mol. The molecule has 2 rings (SSSR count). The van der Waals surface area contributed by atoms with E-state index in [1.54, 1.807) is 26.0 Å². The predicted octanol–water partition coefficient (Wildman–Crippen LogP) is 1.12. The lowest BCUT2D eigenvalue weighted by Crippen LogP contribution is -2.25. The van der Waals surface area contributed by atoms with Crippen LogP contribution in [-0.2, 0) is 0 Å². The van der Waals surface area contributed by atoms with Crippen LogP contribution in [0, 0.1) is 18.8 Å². The number of benzene rings is 1. The van der Waals surface area contributed by atoms with Crippen molar-refractivity contribution in [3.63, 3.8) is 0 Å². The molecule has 2 N–H and O–H groups in total. The van der Waals surface area contributed by atoms with E-state index in [9.17, 15) is 15.2 Å². The molecule has 0 saturated heterocycles. The van der Waals surface area contributed by atoms with Gasteiger partial charge in [0.1, 0.15) is 5.69 Å². The van der Waals surface area contributed by atoms with Gasteiger partial charge in [-0.1, -0.05) is 6.07 Å². The Morgan fingerprint density at radius 1 is 1.33 bits per heavy atom. The Hall–Kier alpha value is -2.04. The highest BCUT2D eigenvalue weighted by Crippen LogP contribution is 2.21. The van der Waals surface area contributed by atoms with Crippen LogP contribution in [0.5, 0.6) is 5.75 Å². The second kappa shape index (κ2) is 2.98. The molecule has 0 amide bonds. The van der Waals surface area contributed by atoms with E-state index >= 15 is 0 Å². The van der Waals surface area contributed by atoms with Gasteiger partial charge in [0.05, 0.1) is 4.43 Å². The van der Waals surface area contributed by atoms with Gasteiger partial charge in [-0.15, -0.1) is 0 Å². The minimum atomic E-state index is -0.145. The van der Waals surface area contributed by atoms with E-state index in [0.29, 0.717) is 15.8 Å². The zero-order valence-electron chi connectivity index (χ0n) is 8.43. The molecule has 78 valence electrons. The number of aromatic hydroxyl groups is 1. The van der Waals surface area contributed by atoms with Crippen LogP contribution in [-0.4, -0.2) is 15.0 Å². The van der Waals surface area contributed by atoms with E-state index in [1.807, 2.05) is 0 Å². The Balaban J connectivity index is 3.15. The molecule has 0 aliphatic carbocycles. The summed E-state index contributed by atoms with van der Waals surface area (Å²) in [6.07, 6.45) is 0. The quantitative estimate of drug-likeness (QED) is 0.502. The minimum absolute atomic E-state index is 0.0723. The number of hydrogen-bond acceptors (Lipinski definition) is 3. The highest BCUT2D eigenvalue weighted by Gasteiger charge is 2.21. The largest absolute Gasteiger partial charge is 0.502 e. The smallest absolute Gasteiger partial charge is 0.331 e. The summed E-state index contributed by atoms with van der Waals surface area (Å²) in [7, 11) is 0. The predicted molar refractivity (Wildman–Crippen MR) is 53.6 cm³/mol. The van der Waals surface area contributed by atoms with Crippen LogP contribution in [0.4, 0.5) is 0 Å². The highest BCUT2D eigenvalue weighted by molar-refractivity contribution is 5.77. The van der Waals surface area contributed by atoms with Gasteiger partial charge in [-0.3, -0.25) is 0 Å². The van der Waals surface area contributed by atoms with Crippen LogP contribution < -0.4 is 4.43 Å². The molecule has 15 heavy (non-hydrogen) atoms. The Morgan fingerprint density at radius 2 is 2.00 bits per heavy atom. The van der Waals surface area contributed by atoms with Gasteiger partial charge < -0.3 is 10.3 Å². The zero-order valence-corrected chi connectivity index (χ0v) is 8.43. The lowest BCUT2D eigenvalue weighted by atomic mass is 10.2. The fraction of sp³-hybridized carbons (Fsp3) is 0.200. The number of nitrogens with zero attached hydrogens (tertiary/aromatic N) is 2. The second-order valence-electron chi connectivity index (χ2n) is 3.42. The van der Waals surface area contributed by atoms with Crippen LogP contribution in [0.2, 0.25) is 0 Å². The fourth-order valence-corrected chi connectivity index (χ4v) is 1.55. The molecule has 0 fully saturated rings. The third-order valence-electron chi connectivity index (χ3n) is 2.57. The summed E-state index contributed by atoms with van der Waals surface area (Å²) in [6.45, 7) is 3.22. The summed E-state index contributed by atoms with van der Waals surface area (Å²) in [5.41, 5.74) is 1.16. The summed E-state index contributed by atoms with van der Waals surface area (Å²) >= 11 is 0. The molecule has 5 nitrogen and oxygen atoms in total. The van der Waals surface area contributed by atoms with Gasteiger partial charge in [0, 0.05) is 11.8 Å². The number of phenolic OH excluding ortho intramolecular Hbond substituents is 1. The second-order valence-corrected chi connectivity index (χ2v) is 3.42. The molecule has 0 aliphatic rings. The van der Waals surface area contributed by atoms with Crippen LogP contribution in [0.3, 0.4) is 0 Å². The molecule has 2 aromatic rings. The van der Waals surface area contributed by atoms with Gasteiger partial charge in [0.2, 0.25) is 0 Å². The summed E-state index contributed by atoms with van der Waals surface area (Å²) in [4.78, 5) is 11.8. The van der Waals surface area contributed by atoms with E-state index in [4.69, 9.17) is 0 Å². The number of para-hydroxylation sites is 1. The van der Waals surface area contributed by atoms with E-state index in [1.165, 1.54) is 6.07 Å². The lowest BCUT2D eigenvalue weighted by molar-refractivity contribution is -0.474. The standard InChI is InChI=1S/C10H10N2O3/c1-6-7(2)12(15)10-8(11(6)14)4-3-5-9(10)13/h3-5,14H,1-2H3/p+1. The number of hydrogen-bond donors (Lipinski definition) is 2. The lowest BCUT2D eigenvalue weighted by Gasteiger charge is -2.04. The van der Waals surface area contributed by atoms with Crippen molar-refractivity contribution in [2.75, 3.05) is 0 Å². The molecule has 5 heteroatoms. The zero-order chi connectivity index (χ0) is 11.2. The Morgan fingerprint density at radius 3 is 2.67 bits per heavy atom. The molecule has 0 unspecified atom stereocenters. The van der Waals surface area contributed by atoms with E-state index < -0.39 is 0 Å². The monoisotopic (exact) mass is 207 g/mol. The molecule has 0 bridgehead atoms. The van der Waals surface area contributed by atoms with Crippen molar-refractivity contribution in [3.05, 3.63) is 34.5 Å². The first-order valence-electron chi connectivity index (χ1n) is 4.49. The number of rotatable bonds is 0. The molecule has 1 aromatic heterocycles. The molecule has 1 heterocycles. The summed E-state index contributed by atoms with van der Waals surface area (Å²) in [5.74, 6) is -0.145. The first-order chi connectivity index (χ1) is 7.04. The third-order valence-corrected chi connectivity index (χ3v) is 2.57. The maximum absolute atomic E-state index is 11.8. The van der Waals surface area contributed by atoms with Gasteiger partial charge in [0.15, 0.2) is 11.3 Å². The molecule has 0 saturated carbocycles. The maximum Gasteiger partial charge on any atom is 0.331 e. The normalized spacial score (nSPS) is 10.8. The fourth-order valence-electron chi connectivity index (χ4n) is 1.55. The van der Waals surface area contributed by atoms with Crippen LogP contribution in [0.25, 0.3) is 11.0 Å². The van der Waals surface area contributed by atoms with Gasteiger partial charge in [-0.05, 0) is 19.1 Å². The summed E-state index contributed by atoms with van der Waals surface area (Å²) in [5, 5.41) is 19.3. The molecule has 1 aromatic carbocycles.